The van der Waals surface area contributed by atoms with E-state index < -0.39 is 19.9 Å². The average Bonchev–Trinajstić information content (AvgIpc) is 2.36. The summed E-state index contributed by atoms with van der Waals surface area (Å²) in [6.45, 7) is 4.68. The molecule has 2 rings (SSSR count). The molecule has 1 saturated heterocycles. The van der Waals surface area contributed by atoms with Crippen LogP contribution in [0.25, 0.3) is 0 Å². The van der Waals surface area contributed by atoms with Crippen molar-refractivity contribution in [1.82, 2.24) is 9.62 Å². The SMILES string of the molecule is C[C@@H]1CN(S(=O)(=O)c2ccc(S(C)(=O)=O)cc2)C[C@H](C)N1. The fourth-order valence-corrected chi connectivity index (χ4v) is 4.73. The minimum absolute atomic E-state index is 0.0822. The molecule has 6 nitrogen and oxygen atoms in total. The van der Waals surface area contributed by atoms with Gasteiger partial charge in [-0.3, -0.25) is 0 Å². The normalized spacial score (nSPS) is 24.9. The van der Waals surface area contributed by atoms with Gasteiger partial charge in [-0.1, -0.05) is 0 Å². The molecular weight excluding hydrogens is 312 g/mol. The highest BCUT2D eigenvalue weighted by atomic mass is 32.2. The number of sulfone groups is 1. The Bertz CT molecular complexity index is 701. The molecule has 0 aromatic heterocycles. The van der Waals surface area contributed by atoms with Gasteiger partial charge < -0.3 is 5.32 Å². The van der Waals surface area contributed by atoms with Gasteiger partial charge in [-0.15, -0.1) is 0 Å². The maximum absolute atomic E-state index is 12.6. The molecule has 2 atom stereocenters. The molecule has 118 valence electrons. The number of hydrogen-bond acceptors (Lipinski definition) is 5. The Labute approximate surface area is 126 Å². The van der Waals surface area contributed by atoms with Crippen LogP contribution in [0, 0.1) is 0 Å². The molecule has 1 fully saturated rings. The molecule has 0 bridgehead atoms. The van der Waals surface area contributed by atoms with E-state index >= 15 is 0 Å². The van der Waals surface area contributed by atoms with Gasteiger partial charge >= 0.3 is 0 Å². The van der Waals surface area contributed by atoms with Gasteiger partial charge in [0.1, 0.15) is 0 Å². The van der Waals surface area contributed by atoms with Crippen molar-refractivity contribution in [3.8, 4) is 0 Å². The summed E-state index contributed by atoms with van der Waals surface area (Å²) in [6, 6.07) is 5.53. The molecule has 1 heterocycles. The van der Waals surface area contributed by atoms with Crippen molar-refractivity contribution in [2.24, 2.45) is 0 Å². The largest absolute Gasteiger partial charge is 0.309 e. The van der Waals surface area contributed by atoms with E-state index in [1.807, 2.05) is 13.8 Å². The Kier molecular flexibility index (Phi) is 4.44. The summed E-state index contributed by atoms with van der Waals surface area (Å²) in [5.41, 5.74) is 0. The van der Waals surface area contributed by atoms with Crippen LogP contribution in [0.3, 0.4) is 0 Å². The maximum atomic E-state index is 12.6. The number of rotatable bonds is 3. The second-order valence-corrected chi connectivity index (χ2v) is 9.49. The zero-order valence-corrected chi connectivity index (χ0v) is 13.9. The zero-order valence-electron chi connectivity index (χ0n) is 12.3. The van der Waals surface area contributed by atoms with E-state index in [1.54, 1.807) is 0 Å². The highest BCUT2D eigenvalue weighted by molar-refractivity contribution is 7.90. The standard InChI is InChI=1S/C13H20N2O4S2/c1-10-8-15(9-11(2)14-10)21(18,19)13-6-4-12(5-7-13)20(3,16)17/h4-7,10-11,14H,8-9H2,1-3H3/t10-,11+. The van der Waals surface area contributed by atoms with E-state index in [4.69, 9.17) is 0 Å². The number of piperazine rings is 1. The second-order valence-electron chi connectivity index (χ2n) is 5.53. The lowest BCUT2D eigenvalue weighted by Crippen LogP contribution is -2.55. The summed E-state index contributed by atoms with van der Waals surface area (Å²) >= 11 is 0. The van der Waals surface area contributed by atoms with Gasteiger partial charge in [-0.05, 0) is 38.1 Å². The fourth-order valence-electron chi connectivity index (χ4n) is 2.48. The lowest BCUT2D eigenvalue weighted by molar-refractivity contribution is 0.263. The predicted molar refractivity (Wildman–Crippen MR) is 80.4 cm³/mol. The Balaban J connectivity index is 2.31. The Hall–Kier alpha value is -0.960. The first kappa shape index (κ1) is 16.4. The number of hydrogen-bond donors (Lipinski definition) is 1. The summed E-state index contributed by atoms with van der Waals surface area (Å²) < 4.78 is 49.4. The molecule has 0 radical (unpaired) electrons. The second kappa shape index (κ2) is 5.68. The highest BCUT2D eigenvalue weighted by Gasteiger charge is 2.31. The van der Waals surface area contributed by atoms with Crippen molar-refractivity contribution in [3.63, 3.8) is 0 Å². The van der Waals surface area contributed by atoms with E-state index in [9.17, 15) is 16.8 Å². The van der Waals surface area contributed by atoms with Crippen molar-refractivity contribution in [2.45, 2.75) is 35.7 Å². The summed E-state index contributed by atoms with van der Waals surface area (Å²) in [5, 5.41) is 3.28. The van der Waals surface area contributed by atoms with Crippen LogP contribution in [-0.4, -0.2) is 52.6 Å². The van der Waals surface area contributed by atoms with Crippen molar-refractivity contribution in [1.29, 1.82) is 0 Å². The van der Waals surface area contributed by atoms with Crippen LogP contribution < -0.4 is 5.32 Å². The highest BCUT2D eigenvalue weighted by Crippen LogP contribution is 2.20. The van der Waals surface area contributed by atoms with Gasteiger partial charge in [0, 0.05) is 31.4 Å². The summed E-state index contributed by atoms with van der Waals surface area (Å²) in [4.78, 5) is 0.236. The third-order valence-electron chi connectivity index (χ3n) is 3.41. The molecule has 1 aromatic carbocycles. The quantitative estimate of drug-likeness (QED) is 0.869. The van der Waals surface area contributed by atoms with E-state index in [0.29, 0.717) is 13.1 Å². The topological polar surface area (TPSA) is 83.6 Å². The molecule has 0 spiro atoms. The molecule has 0 amide bonds. The lowest BCUT2D eigenvalue weighted by Gasteiger charge is -2.35. The number of sulfonamides is 1. The Morgan fingerprint density at radius 2 is 1.38 bits per heavy atom. The number of nitrogens with one attached hydrogen (secondary N) is 1. The minimum Gasteiger partial charge on any atom is -0.309 e. The smallest absolute Gasteiger partial charge is 0.243 e. The zero-order chi connectivity index (χ0) is 15.8. The van der Waals surface area contributed by atoms with E-state index in [1.165, 1.54) is 28.6 Å². The van der Waals surface area contributed by atoms with Gasteiger partial charge in [0.05, 0.1) is 9.79 Å². The molecule has 0 unspecified atom stereocenters. The van der Waals surface area contributed by atoms with Crippen LogP contribution in [-0.2, 0) is 19.9 Å². The van der Waals surface area contributed by atoms with Gasteiger partial charge in [-0.2, -0.15) is 4.31 Å². The van der Waals surface area contributed by atoms with Gasteiger partial charge in [-0.25, -0.2) is 16.8 Å². The first-order chi connectivity index (χ1) is 9.60. The van der Waals surface area contributed by atoms with Crippen molar-refractivity contribution in [3.05, 3.63) is 24.3 Å². The minimum atomic E-state index is -3.59. The fraction of sp³-hybridized carbons (Fsp3) is 0.538. The number of benzene rings is 1. The predicted octanol–water partition coefficient (Wildman–Crippen LogP) is 0.461. The summed E-state index contributed by atoms with van der Waals surface area (Å²) in [7, 11) is -6.92. The van der Waals surface area contributed by atoms with Crippen molar-refractivity contribution < 1.29 is 16.8 Å². The Morgan fingerprint density at radius 1 is 0.952 bits per heavy atom. The molecule has 1 N–H and O–H groups in total. The van der Waals surface area contributed by atoms with Crippen LogP contribution >= 0.6 is 0 Å². The molecule has 0 aliphatic carbocycles. The van der Waals surface area contributed by atoms with Crippen LogP contribution in [0.15, 0.2) is 34.1 Å². The van der Waals surface area contributed by atoms with Crippen molar-refractivity contribution >= 4 is 19.9 Å². The average molecular weight is 332 g/mol. The first-order valence-electron chi connectivity index (χ1n) is 6.67. The summed E-state index contributed by atoms with van der Waals surface area (Å²) in [5.74, 6) is 0. The number of nitrogens with zero attached hydrogens (tertiary/aromatic N) is 1. The van der Waals surface area contributed by atoms with Crippen molar-refractivity contribution in [2.75, 3.05) is 19.3 Å². The molecule has 1 aromatic rings. The molecular formula is C13H20N2O4S2. The van der Waals surface area contributed by atoms with Crippen LogP contribution in [0.1, 0.15) is 13.8 Å². The molecule has 1 aliphatic rings. The van der Waals surface area contributed by atoms with Gasteiger partial charge in [0.25, 0.3) is 0 Å². The molecule has 21 heavy (non-hydrogen) atoms. The van der Waals surface area contributed by atoms with Gasteiger partial charge in [0.15, 0.2) is 9.84 Å². The van der Waals surface area contributed by atoms with Crippen LogP contribution in [0.2, 0.25) is 0 Å². The maximum Gasteiger partial charge on any atom is 0.243 e. The summed E-state index contributed by atoms with van der Waals surface area (Å²) in [6.07, 6.45) is 1.09. The van der Waals surface area contributed by atoms with Crippen LogP contribution in [0.5, 0.6) is 0 Å². The van der Waals surface area contributed by atoms with E-state index in [0.717, 1.165) is 6.26 Å². The van der Waals surface area contributed by atoms with E-state index in [-0.39, 0.29) is 21.9 Å². The van der Waals surface area contributed by atoms with E-state index in [2.05, 4.69) is 5.32 Å². The molecule has 0 saturated carbocycles. The third-order valence-corrected chi connectivity index (χ3v) is 6.39. The molecule has 1 aliphatic heterocycles. The lowest BCUT2D eigenvalue weighted by atomic mass is 10.2. The third kappa shape index (κ3) is 3.63. The Morgan fingerprint density at radius 3 is 1.81 bits per heavy atom. The first-order valence-corrected chi connectivity index (χ1v) is 10.00. The molecule has 8 heteroatoms. The van der Waals surface area contributed by atoms with Crippen LogP contribution in [0.4, 0.5) is 0 Å². The monoisotopic (exact) mass is 332 g/mol. The van der Waals surface area contributed by atoms with Gasteiger partial charge in [0.2, 0.25) is 10.0 Å².